The number of amides is 1. The Balaban J connectivity index is 1.75. The Bertz CT molecular complexity index is 1280. The molecule has 0 unspecified atom stereocenters. The molecule has 0 aliphatic rings. The zero-order valence-corrected chi connectivity index (χ0v) is 18.3. The number of aryl methyl sites for hydroxylation is 2. The summed E-state index contributed by atoms with van der Waals surface area (Å²) in [6, 6.07) is 16.8. The lowest BCUT2D eigenvalue weighted by Gasteiger charge is -2.22. The minimum atomic E-state index is -0.175. The van der Waals surface area contributed by atoms with E-state index >= 15 is 0 Å². The number of halogens is 1. The van der Waals surface area contributed by atoms with Gasteiger partial charge in [-0.15, -0.1) is 11.3 Å². The van der Waals surface area contributed by atoms with Crippen LogP contribution >= 0.6 is 22.9 Å². The molecule has 0 bridgehead atoms. The molecule has 4 rings (SSSR count). The standard InChI is InChI=1S/C24H21ClN2O2S/c1-15-8-9-16(2)22-21(15)12-18(23(28)26-22)13-27(14-20-7-4-10-30-20)24(29)17-5-3-6-19(25)11-17/h3-12H,13-14H2,1-2H3,(H,26,28). The third kappa shape index (κ3) is 4.18. The van der Waals surface area contributed by atoms with Gasteiger partial charge in [0.2, 0.25) is 0 Å². The number of carbonyl (C=O) groups is 1. The Morgan fingerprint density at radius 2 is 1.83 bits per heavy atom. The molecule has 0 radical (unpaired) electrons. The summed E-state index contributed by atoms with van der Waals surface area (Å²) in [4.78, 5) is 31.9. The lowest BCUT2D eigenvalue weighted by Crippen LogP contribution is -2.32. The van der Waals surface area contributed by atoms with Gasteiger partial charge in [0.25, 0.3) is 11.5 Å². The van der Waals surface area contributed by atoms with Gasteiger partial charge in [-0.2, -0.15) is 0 Å². The Kier molecular flexibility index (Phi) is 5.75. The maximum absolute atomic E-state index is 13.3. The molecule has 0 saturated heterocycles. The van der Waals surface area contributed by atoms with Crippen LogP contribution in [0.2, 0.25) is 5.02 Å². The van der Waals surface area contributed by atoms with Crippen molar-refractivity contribution in [2.45, 2.75) is 26.9 Å². The number of carbonyl (C=O) groups excluding carboxylic acids is 1. The lowest BCUT2D eigenvalue weighted by molar-refractivity contribution is 0.0731. The lowest BCUT2D eigenvalue weighted by atomic mass is 10.0. The van der Waals surface area contributed by atoms with Crippen LogP contribution < -0.4 is 5.56 Å². The number of thiophene rings is 1. The molecule has 1 N–H and O–H groups in total. The number of nitrogens with zero attached hydrogens (tertiary/aromatic N) is 1. The van der Waals surface area contributed by atoms with Crippen molar-refractivity contribution in [3.05, 3.63) is 102 Å². The minimum absolute atomic E-state index is 0.161. The van der Waals surface area contributed by atoms with Crippen LogP contribution in [0.25, 0.3) is 10.9 Å². The van der Waals surface area contributed by atoms with Crippen LogP contribution in [0.3, 0.4) is 0 Å². The smallest absolute Gasteiger partial charge is 0.254 e. The predicted molar refractivity (Wildman–Crippen MR) is 123 cm³/mol. The van der Waals surface area contributed by atoms with Crippen molar-refractivity contribution in [3.63, 3.8) is 0 Å². The summed E-state index contributed by atoms with van der Waals surface area (Å²) in [5.41, 5.74) is 3.83. The molecular weight excluding hydrogens is 416 g/mol. The molecule has 30 heavy (non-hydrogen) atoms. The minimum Gasteiger partial charge on any atom is -0.329 e. The number of fused-ring (bicyclic) bond motifs is 1. The first-order chi connectivity index (χ1) is 14.4. The van der Waals surface area contributed by atoms with E-state index < -0.39 is 0 Å². The van der Waals surface area contributed by atoms with Crippen LogP contribution in [-0.4, -0.2) is 15.8 Å². The van der Waals surface area contributed by atoms with Gasteiger partial charge >= 0.3 is 0 Å². The monoisotopic (exact) mass is 436 g/mol. The average Bonchev–Trinajstić information content (AvgIpc) is 3.24. The van der Waals surface area contributed by atoms with E-state index in [9.17, 15) is 9.59 Å². The second-order valence-electron chi connectivity index (χ2n) is 7.36. The van der Waals surface area contributed by atoms with Gasteiger partial charge in [0.05, 0.1) is 18.6 Å². The highest BCUT2D eigenvalue weighted by Crippen LogP contribution is 2.22. The molecule has 152 valence electrons. The SMILES string of the molecule is Cc1ccc(C)c2[nH]c(=O)c(CN(Cc3cccs3)C(=O)c3cccc(Cl)c3)cc12. The van der Waals surface area contributed by atoms with E-state index in [0.29, 0.717) is 22.7 Å². The molecular formula is C24H21ClN2O2S. The molecule has 0 aliphatic carbocycles. The zero-order chi connectivity index (χ0) is 21.3. The van der Waals surface area contributed by atoms with E-state index in [1.54, 1.807) is 40.5 Å². The van der Waals surface area contributed by atoms with Crippen molar-refractivity contribution in [1.82, 2.24) is 9.88 Å². The number of hydrogen-bond acceptors (Lipinski definition) is 3. The van der Waals surface area contributed by atoms with E-state index in [2.05, 4.69) is 4.98 Å². The third-order valence-electron chi connectivity index (χ3n) is 5.17. The van der Waals surface area contributed by atoms with Gasteiger partial charge in [-0.05, 0) is 60.7 Å². The maximum Gasteiger partial charge on any atom is 0.254 e. The summed E-state index contributed by atoms with van der Waals surface area (Å²) in [7, 11) is 0. The first-order valence-corrected chi connectivity index (χ1v) is 10.9. The number of H-pyrrole nitrogens is 1. The van der Waals surface area contributed by atoms with Gasteiger partial charge in [0.1, 0.15) is 0 Å². The fourth-order valence-corrected chi connectivity index (χ4v) is 4.45. The highest BCUT2D eigenvalue weighted by atomic mass is 35.5. The normalized spacial score (nSPS) is 11.0. The Morgan fingerprint density at radius 3 is 2.57 bits per heavy atom. The van der Waals surface area contributed by atoms with Crippen molar-refractivity contribution < 1.29 is 4.79 Å². The van der Waals surface area contributed by atoms with Gasteiger partial charge in [-0.25, -0.2) is 0 Å². The summed E-state index contributed by atoms with van der Waals surface area (Å²) in [5, 5.41) is 3.48. The molecule has 2 heterocycles. The van der Waals surface area contributed by atoms with Crippen LogP contribution in [0.4, 0.5) is 0 Å². The first-order valence-electron chi connectivity index (χ1n) is 9.61. The quantitative estimate of drug-likeness (QED) is 0.436. The topological polar surface area (TPSA) is 53.2 Å². The summed E-state index contributed by atoms with van der Waals surface area (Å²) >= 11 is 7.68. The van der Waals surface area contributed by atoms with Crippen molar-refractivity contribution in [1.29, 1.82) is 0 Å². The second-order valence-corrected chi connectivity index (χ2v) is 8.83. The van der Waals surface area contributed by atoms with E-state index in [1.165, 1.54) is 0 Å². The molecule has 1 amide bonds. The predicted octanol–water partition coefficient (Wildman–Crippen LogP) is 5.70. The van der Waals surface area contributed by atoms with Gasteiger partial charge in [0, 0.05) is 26.4 Å². The number of hydrogen-bond donors (Lipinski definition) is 1. The molecule has 0 atom stereocenters. The Labute approximate surface area is 183 Å². The number of aromatic nitrogens is 1. The van der Waals surface area contributed by atoms with Gasteiger partial charge in [-0.3, -0.25) is 9.59 Å². The van der Waals surface area contributed by atoms with Crippen LogP contribution in [-0.2, 0) is 13.1 Å². The van der Waals surface area contributed by atoms with Crippen molar-refractivity contribution in [2.75, 3.05) is 0 Å². The highest BCUT2D eigenvalue weighted by molar-refractivity contribution is 7.09. The molecule has 6 heteroatoms. The second kappa shape index (κ2) is 8.46. The molecule has 0 saturated carbocycles. The summed E-state index contributed by atoms with van der Waals surface area (Å²) in [6.45, 7) is 4.63. The van der Waals surface area contributed by atoms with Crippen LogP contribution in [0.1, 0.15) is 31.9 Å². The van der Waals surface area contributed by atoms with E-state index in [-0.39, 0.29) is 18.0 Å². The van der Waals surface area contributed by atoms with Crippen LogP contribution in [0.15, 0.2) is 64.8 Å². The van der Waals surface area contributed by atoms with E-state index in [0.717, 1.165) is 26.9 Å². The van der Waals surface area contributed by atoms with Crippen LogP contribution in [0, 0.1) is 13.8 Å². The number of benzene rings is 2. The van der Waals surface area contributed by atoms with Gasteiger partial charge in [0.15, 0.2) is 0 Å². The van der Waals surface area contributed by atoms with E-state index in [4.69, 9.17) is 11.6 Å². The molecule has 0 spiro atoms. The molecule has 0 aliphatic heterocycles. The molecule has 2 aromatic heterocycles. The maximum atomic E-state index is 13.3. The fourth-order valence-electron chi connectivity index (χ4n) is 3.54. The Hall–Kier alpha value is -2.89. The zero-order valence-electron chi connectivity index (χ0n) is 16.7. The molecule has 4 aromatic rings. The first kappa shape index (κ1) is 20.4. The molecule has 2 aromatic carbocycles. The highest BCUT2D eigenvalue weighted by Gasteiger charge is 2.19. The number of aromatic amines is 1. The third-order valence-corrected chi connectivity index (χ3v) is 6.26. The fraction of sp³-hybridized carbons (Fsp3) is 0.167. The average molecular weight is 437 g/mol. The summed E-state index contributed by atoms with van der Waals surface area (Å²) in [6.07, 6.45) is 0. The Morgan fingerprint density at radius 1 is 1.03 bits per heavy atom. The van der Waals surface area contributed by atoms with Crippen molar-refractivity contribution >= 4 is 39.7 Å². The summed E-state index contributed by atoms with van der Waals surface area (Å²) < 4.78 is 0. The van der Waals surface area contributed by atoms with Gasteiger partial charge < -0.3 is 9.88 Å². The number of rotatable bonds is 5. The largest absolute Gasteiger partial charge is 0.329 e. The van der Waals surface area contributed by atoms with Gasteiger partial charge in [-0.1, -0.05) is 35.9 Å². The van der Waals surface area contributed by atoms with Crippen molar-refractivity contribution in [2.24, 2.45) is 0 Å². The number of nitrogens with one attached hydrogen (secondary N) is 1. The number of pyridine rings is 1. The summed E-state index contributed by atoms with van der Waals surface area (Å²) in [5.74, 6) is -0.161. The molecule has 4 nitrogen and oxygen atoms in total. The van der Waals surface area contributed by atoms with Crippen molar-refractivity contribution in [3.8, 4) is 0 Å². The van der Waals surface area contributed by atoms with Crippen LogP contribution in [0.5, 0.6) is 0 Å². The van der Waals surface area contributed by atoms with E-state index in [1.807, 2.05) is 49.6 Å². The molecule has 0 fully saturated rings.